The van der Waals surface area contributed by atoms with Gasteiger partial charge in [0.25, 0.3) is 0 Å². The lowest BCUT2D eigenvalue weighted by atomic mass is 9.93. The molecule has 2 unspecified atom stereocenters. The third-order valence-corrected chi connectivity index (χ3v) is 2.84. The second-order valence-electron chi connectivity index (χ2n) is 4.57. The second kappa shape index (κ2) is 6.78. The van der Waals surface area contributed by atoms with Crippen LogP contribution in [0.2, 0.25) is 0 Å². The molecule has 2 atom stereocenters. The molecule has 5 heteroatoms. The number of rotatable bonds is 6. The van der Waals surface area contributed by atoms with Gasteiger partial charge >= 0.3 is 0 Å². The highest BCUT2D eigenvalue weighted by molar-refractivity contribution is 5.21. The van der Waals surface area contributed by atoms with Crippen LogP contribution in [0.1, 0.15) is 25.5 Å². The Bertz CT molecular complexity index is 385. The molecule has 0 aliphatic heterocycles. The van der Waals surface area contributed by atoms with Crippen LogP contribution in [0.3, 0.4) is 0 Å². The van der Waals surface area contributed by atoms with E-state index in [1.807, 2.05) is 13.8 Å². The van der Waals surface area contributed by atoms with Crippen LogP contribution in [-0.4, -0.2) is 29.4 Å². The Morgan fingerprint density at radius 2 is 1.89 bits per heavy atom. The van der Waals surface area contributed by atoms with Crippen LogP contribution < -0.4 is 5.32 Å². The Hall–Kier alpha value is -1.04. The van der Waals surface area contributed by atoms with Gasteiger partial charge in [-0.1, -0.05) is 19.9 Å². The van der Waals surface area contributed by atoms with Crippen molar-refractivity contribution < 1.29 is 19.0 Å². The number of aliphatic hydroxyl groups is 2. The van der Waals surface area contributed by atoms with Gasteiger partial charge in [0.2, 0.25) is 0 Å². The quantitative estimate of drug-likeness (QED) is 0.727. The van der Waals surface area contributed by atoms with Crippen molar-refractivity contribution in [1.82, 2.24) is 5.32 Å². The highest BCUT2D eigenvalue weighted by atomic mass is 19.2. The van der Waals surface area contributed by atoms with Crippen molar-refractivity contribution in [2.24, 2.45) is 5.92 Å². The zero-order valence-electron chi connectivity index (χ0n) is 10.5. The molecule has 18 heavy (non-hydrogen) atoms. The minimum Gasteiger partial charge on any atom is -0.395 e. The summed E-state index contributed by atoms with van der Waals surface area (Å²) >= 11 is 0. The number of aliphatic hydroxyl groups excluding tert-OH is 2. The first kappa shape index (κ1) is 15.0. The van der Waals surface area contributed by atoms with Gasteiger partial charge in [-0.15, -0.1) is 0 Å². The summed E-state index contributed by atoms with van der Waals surface area (Å²) < 4.78 is 25.9. The van der Waals surface area contributed by atoms with Crippen molar-refractivity contribution in [1.29, 1.82) is 0 Å². The van der Waals surface area contributed by atoms with Crippen molar-refractivity contribution in [2.45, 2.75) is 26.0 Å². The number of hydrogen-bond acceptors (Lipinski definition) is 3. The average molecular weight is 259 g/mol. The first-order valence-corrected chi connectivity index (χ1v) is 5.94. The summed E-state index contributed by atoms with van der Waals surface area (Å²) in [6.45, 7) is 4.09. The molecule has 0 bridgehead atoms. The molecule has 0 saturated carbocycles. The third-order valence-electron chi connectivity index (χ3n) is 2.84. The molecule has 0 amide bonds. The fourth-order valence-corrected chi connectivity index (χ4v) is 1.85. The SMILES string of the molecule is CC(C)C(NCCO)C(O)c1ccc(F)c(F)c1. The van der Waals surface area contributed by atoms with Gasteiger partial charge in [0.05, 0.1) is 12.7 Å². The highest BCUT2D eigenvalue weighted by Gasteiger charge is 2.24. The fourth-order valence-electron chi connectivity index (χ4n) is 1.85. The maximum absolute atomic E-state index is 13.1. The molecule has 1 aromatic carbocycles. The van der Waals surface area contributed by atoms with E-state index in [9.17, 15) is 13.9 Å². The molecule has 0 heterocycles. The molecule has 3 nitrogen and oxygen atoms in total. The van der Waals surface area contributed by atoms with Gasteiger partial charge in [-0.3, -0.25) is 0 Å². The third kappa shape index (κ3) is 3.73. The first-order valence-electron chi connectivity index (χ1n) is 5.94. The van der Waals surface area contributed by atoms with E-state index in [0.29, 0.717) is 12.1 Å². The minimum atomic E-state index is -0.976. The van der Waals surface area contributed by atoms with E-state index in [1.165, 1.54) is 6.07 Å². The van der Waals surface area contributed by atoms with Crippen molar-refractivity contribution in [3.8, 4) is 0 Å². The van der Waals surface area contributed by atoms with Crippen LogP contribution in [0.25, 0.3) is 0 Å². The van der Waals surface area contributed by atoms with Crippen molar-refractivity contribution in [2.75, 3.05) is 13.2 Å². The molecule has 1 rings (SSSR count). The maximum atomic E-state index is 13.1. The van der Waals surface area contributed by atoms with E-state index < -0.39 is 17.7 Å². The fraction of sp³-hybridized carbons (Fsp3) is 0.538. The first-order chi connectivity index (χ1) is 8.47. The lowest BCUT2D eigenvalue weighted by molar-refractivity contribution is 0.101. The van der Waals surface area contributed by atoms with Gasteiger partial charge in [0.15, 0.2) is 11.6 Å². The molecule has 0 spiro atoms. The van der Waals surface area contributed by atoms with Gasteiger partial charge in [-0.05, 0) is 23.6 Å². The summed E-state index contributed by atoms with van der Waals surface area (Å²) in [6.07, 6.45) is -0.952. The van der Waals surface area contributed by atoms with Crippen LogP contribution in [-0.2, 0) is 0 Å². The van der Waals surface area contributed by atoms with Crippen molar-refractivity contribution in [3.63, 3.8) is 0 Å². The summed E-state index contributed by atoms with van der Waals surface area (Å²) in [5, 5.41) is 21.9. The topological polar surface area (TPSA) is 52.5 Å². The Kier molecular flexibility index (Phi) is 5.65. The standard InChI is InChI=1S/C13H19F2NO2/c1-8(2)12(16-5-6-17)13(18)9-3-4-10(14)11(15)7-9/h3-4,7-8,12-13,16-18H,5-6H2,1-2H3. The van der Waals surface area contributed by atoms with Gasteiger partial charge < -0.3 is 15.5 Å². The molecule has 0 fully saturated rings. The van der Waals surface area contributed by atoms with Gasteiger partial charge in [-0.25, -0.2) is 8.78 Å². The lowest BCUT2D eigenvalue weighted by Crippen LogP contribution is -2.40. The summed E-state index contributed by atoms with van der Waals surface area (Å²) in [5.74, 6) is -1.83. The number of halogens is 2. The molecule has 0 radical (unpaired) electrons. The smallest absolute Gasteiger partial charge is 0.159 e. The van der Waals surface area contributed by atoms with Gasteiger partial charge in [0, 0.05) is 12.6 Å². The summed E-state index contributed by atoms with van der Waals surface area (Å²) in [4.78, 5) is 0. The zero-order valence-corrected chi connectivity index (χ0v) is 10.5. The number of nitrogens with one attached hydrogen (secondary N) is 1. The Labute approximate surface area is 105 Å². The molecule has 3 N–H and O–H groups in total. The lowest BCUT2D eigenvalue weighted by Gasteiger charge is -2.27. The Morgan fingerprint density at radius 1 is 1.22 bits per heavy atom. The van der Waals surface area contributed by atoms with E-state index in [4.69, 9.17) is 5.11 Å². The highest BCUT2D eigenvalue weighted by Crippen LogP contribution is 2.23. The van der Waals surface area contributed by atoms with Crippen LogP contribution >= 0.6 is 0 Å². The van der Waals surface area contributed by atoms with E-state index in [0.717, 1.165) is 12.1 Å². The predicted molar refractivity (Wildman–Crippen MR) is 65.0 cm³/mol. The normalized spacial score (nSPS) is 14.8. The Balaban J connectivity index is 2.87. The second-order valence-corrected chi connectivity index (χ2v) is 4.57. The number of benzene rings is 1. The monoisotopic (exact) mass is 259 g/mol. The van der Waals surface area contributed by atoms with Crippen LogP contribution in [0.5, 0.6) is 0 Å². The van der Waals surface area contributed by atoms with Crippen molar-refractivity contribution in [3.05, 3.63) is 35.4 Å². The summed E-state index contributed by atoms with van der Waals surface area (Å²) in [7, 11) is 0. The molecule has 102 valence electrons. The van der Waals surface area contributed by atoms with Crippen LogP contribution in [0.4, 0.5) is 8.78 Å². The average Bonchev–Trinajstić information content (AvgIpc) is 2.32. The predicted octanol–water partition coefficient (Wildman–Crippen LogP) is 1.60. The van der Waals surface area contributed by atoms with E-state index in [-0.39, 0.29) is 18.6 Å². The van der Waals surface area contributed by atoms with E-state index >= 15 is 0 Å². The van der Waals surface area contributed by atoms with Crippen LogP contribution in [0.15, 0.2) is 18.2 Å². The van der Waals surface area contributed by atoms with E-state index in [2.05, 4.69) is 5.32 Å². The van der Waals surface area contributed by atoms with Gasteiger partial charge in [-0.2, -0.15) is 0 Å². The largest absolute Gasteiger partial charge is 0.395 e. The van der Waals surface area contributed by atoms with Crippen LogP contribution in [0, 0.1) is 17.6 Å². The molecular formula is C13H19F2NO2. The number of hydrogen-bond donors (Lipinski definition) is 3. The molecule has 0 aromatic heterocycles. The summed E-state index contributed by atoms with van der Waals surface area (Å²) in [5.41, 5.74) is 0.318. The Morgan fingerprint density at radius 3 is 2.39 bits per heavy atom. The molecular weight excluding hydrogens is 240 g/mol. The molecule has 0 aliphatic rings. The van der Waals surface area contributed by atoms with Gasteiger partial charge in [0.1, 0.15) is 0 Å². The van der Waals surface area contributed by atoms with E-state index in [1.54, 1.807) is 0 Å². The van der Waals surface area contributed by atoms with Crippen molar-refractivity contribution >= 4 is 0 Å². The molecule has 0 aliphatic carbocycles. The zero-order chi connectivity index (χ0) is 13.7. The summed E-state index contributed by atoms with van der Waals surface area (Å²) in [6, 6.07) is 3.02. The minimum absolute atomic E-state index is 0.0479. The maximum Gasteiger partial charge on any atom is 0.159 e. The molecule has 0 saturated heterocycles. The molecule has 1 aromatic rings.